The minimum Gasteiger partial charge on any atom is -0.356 e. The summed E-state index contributed by atoms with van der Waals surface area (Å²) in [5.74, 6) is 0.0221. The predicted octanol–water partition coefficient (Wildman–Crippen LogP) is 1.52. The van der Waals surface area contributed by atoms with Crippen molar-refractivity contribution in [2.24, 2.45) is 0 Å². The van der Waals surface area contributed by atoms with Gasteiger partial charge in [0.2, 0.25) is 5.91 Å². The molecule has 1 heterocycles. The summed E-state index contributed by atoms with van der Waals surface area (Å²) in [6.45, 7) is 3.36. The van der Waals surface area contributed by atoms with Crippen LogP contribution < -0.4 is 10.6 Å². The van der Waals surface area contributed by atoms with Crippen LogP contribution in [0.1, 0.15) is 32.6 Å². The Morgan fingerprint density at radius 1 is 1.25 bits per heavy atom. The number of nitrogens with zero attached hydrogens (tertiary/aromatic N) is 1. The molecule has 1 saturated heterocycles. The van der Waals surface area contributed by atoms with Crippen LogP contribution in [-0.4, -0.2) is 55.7 Å². The van der Waals surface area contributed by atoms with Crippen molar-refractivity contribution in [3.05, 3.63) is 0 Å². The van der Waals surface area contributed by atoms with Gasteiger partial charge in [-0.1, -0.05) is 6.92 Å². The van der Waals surface area contributed by atoms with Gasteiger partial charge in [0.1, 0.15) is 0 Å². The van der Waals surface area contributed by atoms with E-state index in [1.165, 1.54) is 4.90 Å². The van der Waals surface area contributed by atoms with Crippen LogP contribution in [0.3, 0.4) is 0 Å². The number of carbonyl (C=O) groups excluding carboxylic acids is 1. The van der Waals surface area contributed by atoms with Gasteiger partial charge in [-0.25, -0.2) is 0 Å². The van der Waals surface area contributed by atoms with Crippen LogP contribution in [0.4, 0.5) is 13.2 Å². The topological polar surface area (TPSA) is 44.4 Å². The third kappa shape index (κ3) is 7.69. The first kappa shape index (κ1) is 17.2. The normalized spacial score (nSPS) is 18.2. The van der Waals surface area contributed by atoms with Crippen molar-refractivity contribution < 1.29 is 18.0 Å². The van der Waals surface area contributed by atoms with Gasteiger partial charge in [-0.2, -0.15) is 13.2 Å². The van der Waals surface area contributed by atoms with E-state index >= 15 is 0 Å². The van der Waals surface area contributed by atoms with Gasteiger partial charge in [0.05, 0.1) is 6.54 Å². The summed E-state index contributed by atoms with van der Waals surface area (Å²) >= 11 is 0. The molecule has 1 fully saturated rings. The highest BCUT2D eigenvalue weighted by Gasteiger charge is 2.32. The highest BCUT2D eigenvalue weighted by atomic mass is 19.4. The van der Waals surface area contributed by atoms with Gasteiger partial charge in [-0.15, -0.1) is 0 Å². The molecule has 0 atom stereocenters. The van der Waals surface area contributed by atoms with Crippen LogP contribution >= 0.6 is 0 Å². The molecule has 2 N–H and O–H groups in total. The predicted molar refractivity (Wildman–Crippen MR) is 71.4 cm³/mol. The van der Waals surface area contributed by atoms with Crippen molar-refractivity contribution in [2.45, 2.75) is 44.8 Å². The molecule has 0 aliphatic carbocycles. The Labute approximate surface area is 118 Å². The van der Waals surface area contributed by atoms with E-state index in [2.05, 4.69) is 10.6 Å². The van der Waals surface area contributed by atoms with Crippen LogP contribution in [0.5, 0.6) is 0 Å². The molecule has 1 aliphatic rings. The molecule has 0 saturated carbocycles. The molecule has 0 bridgehead atoms. The molecule has 0 aromatic heterocycles. The standard InChI is InChI=1S/C13H24F3N3O/c1-2-6-18-12(20)3-7-17-11-4-8-19(9-5-11)10-13(14,15)16/h11,17H,2-10H2,1H3,(H,18,20). The Bertz CT molecular complexity index is 289. The first-order chi connectivity index (χ1) is 9.40. The van der Waals surface area contributed by atoms with Crippen molar-refractivity contribution in [2.75, 3.05) is 32.7 Å². The maximum absolute atomic E-state index is 12.2. The van der Waals surface area contributed by atoms with E-state index in [0.717, 1.165) is 6.42 Å². The van der Waals surface area contributed by atoms with Gasteiger partial charge in [0.15, 0.2) is 0 Å². The summed E-state index contributed by atoms with van der Waals surface area (Å²) < 4.78 is 36.7. The lowest BCUT2D eigenvalue weighted by molar-refractivity contribution is -0.148. The highest BCUT2D eigenvalue weighted by molar-refractivity contribution is 5.75. The summed E-state index contributed by atoms with van der Waals surface area (Å²) in [5, 5.41) is 6.03. The largest absolute Gasteiger partial charge is 0.401 e. The molecule has 0 radical (unpaired) electrons. The average Bonchev–Trinajstić information content (AvgIpc) is 2.37. The lowest BCUT2D eigenvalue weighted by Gasteiger charge is -2.32. The lowest BCUT2D eigenvalue weighted by atomic mass is 10.0. The van der Waals surface area contributed by atoms with E-state index in [1.807, 2.05) is 6.92 Å². The second-order valence-corrected chi connectivity index (χ2v) is 5.22. The van der Waals surface area contributed by atoms with Crippen LogP contribution in [0.2, 0.25) is 0 Å². The van der Waals surface area contributed by atoms with E-state index in [-0.39, 0.29) is 11.9 Å². The molecule has 1 aliphatic heterocycles. The first-order valence-corrected chi connectivity index (χ1v) is 7.20. The van der Waals surface area contributed by atoms with Crippen molar-refractivity contribution in [3.8, 4) is 0 Å². The summed E-state index contributed by atoms with van der Waals surface area (Å²) in [5.41, 5.74) is 0. The Balaban J connectivity index is 2.09. The fourth-order valence-corrected chi connectivity index (χ4v) is 2.29. The molecule has 1 rings (SSSR count). The Morgan fingerprint density at radius 2 is 1.90 bits per heavy atom. The molecule has 7 heteroatoms. The molecule has 20 heavy (non-hydrogen) atoms. The number of rotatable bonds is 7. The Kier molecular flexibility index (Phi) is 7.29. The molecule has 4 nitrogen and oxygen atoms in total. The van der Waals surface area contributed by atoms with Crippen molar-refractivity contribution in [1.82, 2.24) is 15.5 Å². The second-order valence-electron chi connectivity index (χ2n) is 5.22. The monoisotopic (exact) mass is 295 g/mol. The highest BCUT2D eigenvalue weighted by Crippen LogP contribution is 2.19. The minimum absolute atomic E-state index is 0.0221. The number of hydrogen-bond donors (Lipinski definition) is 2. The quantitative estimate of drug-likeness (QED) is 0.748. The molecule has 118 valence electrons. The average molecular weight is 295 g/mol. The number of alkyl halides is 3. The van der Waals surface area contributed by atoms with E-state index in [4.69, 9.17) is 0 Å². The zero-order valence-electron chi connectivity index (χ0n) is 11.9. The zero-order chi connectivity index (χ0) is 15.0. The fraction of sp³-hybridized carbons (Fsp3) is 0.923. The molecule has 1 amide bonds. The van der Waals surface area contributed by atoms with Crippen molar-refractivity contribution in [1.29, 1.82) is 0 Å². The summed E-state index contributed by atoms with van der Waals surface area (Å²) in [4.78, 5) is 12.8. The number of nitrogens with one attached hydrogen (secondary N) is 2. The zero-order valence-corrected chi connectivity index (χ0v) is 11.9. The number of hydrogen-bond acceptors (Lipinski definition) is 3. The van der Waals surface area contributed by atoms with E-state index in [0.29, 0.717) is 45.4 Å². The van der Waals surface area contributed by atoms with Crippen LogP contribution in [0, 0.1) is 0 Å². The maximum atomic E-state index is 12.2. The SMILES string of the molecule is CCCNC(=O)CCNC1CCN(CC(F)(F)F)CC1. The van der Waals surface area contributed by atoms with Gasteiger partial charge >= 0.3 is 6.18 Å². The van der Waals surface area contributed by atoms with E-state index in [9.17, 15) is 18.0 Å². The summed E-state index contributed by atoms with van der Waals surface area (Å²) in [7, 11) is 0. The number of likely N-dealkylation sites (tertiary alicyclic amines) is 1. The van der Waals surface area contributed by atoms with Gasteiger partial charge in [0.25, 0.3) is 0 Å². The molecule has 0 unspecified atom stereocenters. The number of halogens is 3. The Morgan fingerprint density at radius 3 is 2.45 bits per heavy atom. The van der Waals surface area contributed by atoms with Crippen molar-refractivity contribution in [3.63, 3.8) is 0 Å². The van der Waals surface area contributed by atoms with Crippen LogP contribution in [-0.2, 0) is 4.79 Å². The van der Waals surface area contributed by atoms with Crippen molar-refractivity contribution >= 4 is 5.91 Å². The van der Waals surface area contributed by atoms with Gasteiger partial charge in [-0.05, 0) is 32.4 Å². The second kappa shape index (κ2) is 8.46. The summed E-state index contributed by atoms with van der Waals surface area (Å²) in [6, 6.07) is 0.221. The number of carbonyl (C=O) groups is 1. The number of amides is 1. The third-order valence-electron chi connectivity index (χ3n) is 3.35. The molecular weight excluding hydrogens is 271 g/mol. The van der Waals surface area contributed by atoms with E-state index < -0.39 is 12.7 Å². The third-order valence-corrected chi connectivity index (χ3v) is 3.35. The van der Waals surface area contributed by atoms with Crippen LogP contribution in [0.15, 0.2) is 0 Å². The van der Waals surface area contributed by atoms with Gasteiger partial charge < -0.3 is 10.6 Å². The Hall–Kier alpha value is -0.820. The molecule has 0 aromatic rings. The molecular formula is C13H24F3N3O. The van der Waals surface area contributed by atoms with E-state index in [1.54, 1.807) is 0 Å². The maximum Gasteiger partial charge on any atom is 0.401 e. The smallest absolute Gasteiger partial charge is 0.356 e. The van der Waals surface area contributed by atoms with Gasteiger partial charge in [-0.3, -0.25) is 9.69 Å². The summed E-state index contributed by atoms with van der Waals surface area (Å²) in [6.07, 6.45) is -1.38. The number of piperidine rings is 1. The van der Waals surface area contributed by atoms with Gasteiger partial charge in [0, 0.05) is 25.6 Å². The molecule has 0 aromatic carbocycles. The lowest BCUT2D eigenvalue weighted by Crippen LogP contribution is -2.46. The first-order valence-electron chi connectivity index (χ1n) is 7.20. The fourth-order valence-electron chi connectivity index (χ4n) is 2.29. The minimum atomic E-state index is -4.11. The molecule has 0 spiro atoms. The van der Waals surface area contributed by atoms with Crippen LogP contribution in [0.25, 0.3) is 0 Å².